The predicted molar refractivity (Wildman–Crippen MR) is 80.7 cm³/mol. The summed E-state index contributed by atoms with van der Waals surface area (Å²) in [6, 6.07) is 2.63. The van der Waals surface area contributed by atoms with E-state index in [4.69, 9.17) is 0 Å². The van der Waals surface area contributed by atoms with Gasteiger partial charge in [-0.2, -0.15) is 0 Å². The zero-order chi connectivity index (χ0) is 13.5. The van der Waals surface area contributed by atoms with Gasteiger partial charge in [-0.05, 0) is 26.2 Å². The zero-order valence-electron chi connectivity index (χ0n) is 12.2. The summed E-state index contributed by atoms with van der Waals surface area (Å²) in [4.78, 5) is 8.93. The third-order valence-electron chi connectivity index (χ3n) is 3.63. The summed E-state index contributed by atoms with van der Waals surface area (Å²) in [7, 11) is 0. The fourth-order valence-electron chi connectivity index (χ4n) is 2.58. The number of hydrogen-bond donors (Lipinski definition) is 2. The van der Waals surface area contributed by atoms with Gasteiger partial charge in [-0.15, -0.1) is 0 Å². The predicted octanol–water partition coefficient (Wildman–Crippen LogP) is 3.74. The van der Waals surface area contributed by atoms with Crippen LogP contribution in [0.1, 0.15) is 57.7 Å². The normalized spacial score (nSPS) is 16.3. The van der Waals surface area contributed by atoms with E-state index < -0.39 is 0 Å². The molecule has 0 aliphatic heterocycles. The van der Waals surface area contributed by atoms with Gasteiger partial charge in [0.1, 0.15) is 17.5 Å². The summed E-state index contributed by atoms with van der Waals surface area (Å²) in [6.07, 6.45) is 8.96. The highest BCUT2D eigenvalue weighted by atomic mass is 15.1. The molecule has 4 nitrogen and oxygen atoms in total. The van der Waals surface area contributed by atoms with Crippen molar-refractivity contribution in [3.63, 3.8) is 0 Å². The standard InChI is InChI=1S/C15H26N4/c1-3-4-10-16-14-11-15(18-12(2)17-14)19-13-8-6-5-7-9-13/h11,13H,3-10H2,1-2H3,(H2,16,17,18,19). The molecule has 0 bridgehead atoms. The van der Waals surface area contributed by atoms with E-state index in [0.29, 0.717) is 6.04 Å². The number of hydrogen-bond acceptors (Lipinski definition) is 4. The first-order chi connectivity index (χ1) is 9.28. The van der Waals surface area contributed by atoms with Gasteiger partial charge in [-0.3, -0.25) is 0 Å². The quantitative estimate of drug-likeness (QED) is 0.767. The smallest absolute Gasteiger partial charge is 0.132 e. The van der Waals surface area contributed by atoms with E-state index in [1.54, 1.807) is 0 Å². The van der Waals surface area contributed by atoms with E-state index in [1.165, 1.54) is 44.9 Å². The monoisotopic (exact) mass is 262 g/mol. The molecule has 1 aromatic heterocycles. The Balaban J connectivity index is 1.95. The molecule has 2 rings (SSSR count). The molecule has 1 aliphatic rings. The van der Waals surface area contributed by atoms with Crippen molar-refractivity contribution in [2.45, 2.75) is 64.8 Å². The highest BCUT2D eigenvalue weighted by molar-refractivity contribution is 5.48. The van der Waals surface area contributed by atoms with Crippen LogP contribution in [0.3, 0.4) is 0 Å². The SMILES string of the molecule is CCCCNc1cc(NC2CCCCC2)nc(C)n1. The second-order valence-electron chi connectivity index (χ2n) is 5.45. The van der Waals surface area contributed by atoms with Crippen LogP contribution in [0.5, 0.6) is 0 Å². The van der Waals surface area contributed by atoms with E-state index in [0.717, 1.165) is 24.0 Å². The Morgan fingerprint density at radius 1 is 1.16 bits per heavy atom. The zero-order valence-corrected chi connectivity index (χ0v) is 12.2. The van der Waals surface area contributed by atoms with Crippen molar-refractivity contribution >= 4 is 11.6 Å². The molecule has 4 heteroatoms. The molecule has 1 aromatic rings. The summed E-state index contributed by atoms with van der Waals surface area (Å²) in [5.41, 5.74) is 0. The number of rotatable bonds is 6. The first-order valence-corrected chi connectivity index (χ1v) is 7.64. The first-order valence-electron chi connectivity index (χ1n) is 7.64. The molecule has 2 N–H and O–H groups in total. The van der Waals surface area contributed by atoms with Crippen LogP contribution >= 0.6 is 0 Å². The summed E-state index contributed by atoms with van der Waals surface area (Å²) in [5.74, 6) is 2.75. The van der Waals surface area contributed by atoms with Gasteiger partial charge in [-0.25, -0.2) is 9.97 Å². The third-order valence-corrected chi connectivity index (χ3v) is 3.63. The molecule has 0 spiro atoms. The summed E-state index contributed by atoms with van der Waals surface area (Å²) < 4.78 is 0. The van der Waals surface area contributed by atoms with E-state index in [1.807, 2.05) is 13.0 Å². The van der Waals surface area contributed by atoms with Crippen molar-refractivity contribution in [3.8, 4) is 0 Å². The van der Waals surface area contributed by atoms with Crippen LogP contribution in [-0.2, 0) is 0 Å². The Morgan fingerprint density at radius 2 is 1.89 bits per heavy atom. The average molecular weight is 262 g/mol. The lowest BCUT2D eigenvalue weighted by atomic mass is 9.95. The highest BCUT2D eigenvalue weighted by Gasteiger charge is 2.14. The average Bonchev–Trinajstić information content (AvgIpc) is 2.39. The Bertz CT molecular complexity index is 386. The van der Waals surface area contributed by atoms with Gasteiger partial charge in [-0.1, -0.05) is 32.6 Å². The molecule has 0 atom stereocenters. The van der Waals surface area contributed by atoms with Crippen molar-refractivity contribution in [1.82, 2.24) is 9.97 Å². The largest absolute Gasteiger partial charge is 0.370 e. The Hall–Kier alpha value is -1.32. The highest BCUT2D eigenvalue weighted by Crippen LogP contribution is 2.21. The Kier molecular flexibility index (Phi) is 5.43. The second-order valence-corrected chi connectivity index (χ2v) is 5.45. The van der Waals surface area contributed by atoms with E-state index in [-0.39, 0.29) is 0 Å². The summed E-state index contributed by atoms with van der Waals surface area (Å²) in [5, 5.41) is 6.93. The van der Waals surface area contributed by atoms with Gasteiger partial charge in [0.2, 0.25) is 0 Å². The fourth-order valence-corrected chi connectivity index (χ4v) is 2.58. The molecule has 0 unspecified atom stereocenters. The van der Waals surface area contributed by atoms with E-state index >= 15 is 0 Å². The maximum Gasteiger partial charge on any atom is 0.132 e. The van der Waals surface area contributed by atoms with Crippen LogP contribution in [0.15, 0.2) is 6.07 Å². The second kappa shape index (κ2) is 7.31. The van der Waals surface area contributed by atoms with Gasteiger partial charge >= 0.3 is 0 Å². The van der Waals surface area contributed by atoms with Gasteiger partial charge in [0, 0.05) is 18.7 Å². The number of nitrogens with zero attached hydrogens (tertiary/aromatic N) is 2. The molecular formula is C15H26N4. The minimum Gasteiger partial charge on any atom is -0.370 e. The number of unbranched alkanes of at least 4 members (excludes halogenated alkanes) is 1. The third kappa shape index (κ3) is 4.69. The summed E-state index contributed by atoms with van der Waals surface area (Å²) in [6.45, 7) is 5.13. The fraction of sp³-hybridized carbons (Fsp3) is 0.733. The molecule has 0 saturated heterocycles. The number of nitrogens with one attached hydrogen (secondary N) is 2. The van der Waals surface area contributed by atoms with Crippen LogP contribution in [0.4, 0.5) is 11.6 Å². The number of aryl methyl sites for hydroxylation is 1. The van der Waals surface area contributed by atoms with Crippen LogP contribution in [0, 0.1) is 6.92 Å². The molecule has 106 valence electrons. The molecule has 1 fully saturated rings. The minimum atomic E-state index is 0.589. The van der Waals surface area contributed by atoms with Crippen molar-refractivity contribution in [3.05, 3.63) is 11.9 Å². The van der Waals surface area contributed by atoms with Crippen molar-refractivity contribution < 1.29 is 0 Å². The van der Waals surface area contributed by atoms with Crippen molar-refractivity contribution in [2.24, 2.45) is 0 Å². The lowest BCUT2D eigenvalue weighted by Gasteiger charge is -2.23. The maximum absolute atomic E-state index is 4.49. The maximum atomic E-state index is 4.49. The van der Waals surface area contributed by atoms with Crippen LogP contribution < -0.4 is 10.6 Å². The minimum absolute atomic E-state index is 0.589. The molecule has 1 aliphatic carbocycles. The Labute approximate surface area is 116 Å². The molecule has 0 radical (unpaired) electrons. The van der Waals surface area contributed by atoms with Gasteiger partial charge in [0.05, 0.1) is 0 Å². The van der Waals surface area contributed by atoms with Gasteiger partial charge in [0.25, 0.3) is 0 Å². The number of anilines is 2. The number of aromatic nitrogens is 2. The van der Waals surface area contributed by atoms with Crippen LogP contribution in [0.2, 0.25) is 0 Å². The van der Waals surface area contributed by atoms with E-state index in [2.05, 4.69) is 27.5 Å². The van der Waals surface area contributed by atoms with Gasteiger partial charge in [0.15, 0.2) is 0 Å². The van der Waals surface area contributed by atoms with Crippen LogP contribution in [-0.4, -0.2) is 22.6 Å². The molecule has 0 aromatic carbocycles. The van der Waals surface area contributed by atoms with Crippen LogP contribution in [0.25, 0.3) is 0 Å². The lowest BCUT2D eigenvalue weighted by molar-refractivity contribution is 0.462. The molecule has 19 heavy (non-hydrogen) atoms. The molecule has 1 heterocycles. The first kappa shape index (κ1) is 14.1. The topological polar surface area (TPSA) is 49.8 Å². The lowest BCUT2D eigenvalue weighted by Crippen LogP contribution is -2.23. The van der Waals surface area contributed by atoms with Gasteiger partial charge < -0.3 is 10.6 Å². The molecular weight excluding hydrogens is 236 g/mol. The Morgan fingerprint density at radius 3 is 2.63 bits per heavy atom. The van der Waals surface area contributed by atoms with Crippen molar-refractivity contribution in [2.75, 3.05) is 17.2 Å². The summed E-state index contributed by atoms with van der Waals surface area (Å²) >= 11 is 0. The van der Waals surface area contributed by atoms with Crippen molar-refractivity contribution in [1.29, 1.82) is 0 Å². The molecule has 1 saturated carbocycles. The molecule has 0 amide bonds. The van der Waals surface area contributed by atoms with E-state index in [9.17, 15) is 0 Å².